The standard InChI is InChI=1S/C7H6I2S/c8-6-3-1-2-5(4-10)7(6)9/h1-3,10H,4H2. The Morgan fingerprint density at radius 2 is 2.00 bits per heavy atom. The van der Waals surface area contributed by atoms with Crippen molar-refractivity contribution in [1.82, 2.24) is 0 Å². The molecule has 1 aromatic rings. The summed E-state index contributed by atoms with van der Waals surface area (Å²) >= 11 is 8.90. The fourth-order valence-electron chi connectivity index (χ4n) is 0.671. The second-order valence-electron chi connectivity index (χ2n) is 1.87. The minimum atomic E-state index is 0.828. The molecule has 10 heavy (non-hydrogen) atoms. The van der Waals surface area contributed by atoms with Gasteiger partial charge in [0.05, 0.1) is 0 Å². The molecule has 54 valence electrons. The normalized spacial score (nSPS) is 9.90. The number of thiol groups is 1. The van der Waals surface area contributed by atoms with E-state index in [9.17, 15) is 0 Å². The lowest BCUT2D eigenvalue weighted by molar-refractivity contribution is 1.37. The Hall–Kier alpha value is 1.03. The zero-order chi connectivity index (χ0) is 7.56. The zero-order valence-electron chi connectivity index (χ0n) is 5.14. The van der Waals surface area contributed by atoms with Crippen LogP contribution >= 0.6 is 57.8 Å². The van der Waals surface area contributed by atoms with E-state index >= 15 is 0 Å². The molecule has 1 rings (SSSR count). The van der Waals surface area contributed by atoms with Crippen LogP contribution in [0.25, 0.3) is 0 Å². The largest absolute Gasteiger partial charge is 0.175 e. The van der Waals surface area contributed by atoms with Crippen LogP contribution in [0.5, 0.6) is 0 Å². The van der Waals surface area contributed by atoms with E-state index < -0.39 is 0 Å². The molecule has 0 radical (unpaired) electrons. The molecule has 0 nitrogen and oxygen atoms in total. The smallest absolute Gasteiger partial charge is 0.0304 e. The molecular formula is C7H6I2S. The maximum Gasteiger partial charge on any atom is 0.0304 e. The Bertz CT molecular complexity index is 235. The van der Waals surface area contributed by atoms with Gasteiger partial charge in [0.15, 0.2) is 0 Å². The molecule has 0 fully saturated rings. The average Bonchev–Trinajstić information content (AvgIpc) is 1.95. The first kappa shape index (κ1) is 9.12. The predicted octanol–water partition coefficient (Wildman–Crippen LogP) is 3.33. The Labute approximate surface area is 93.5 Å². The lowest BCUT2D eigenvalue weighted by Crippen LogP contribution is -1.86. The van der Waals surface area contributed by atoms with E-state index in [1.807, 2.05) is 0 Å². The van der Waals surface area contributed by atoms with E-state index in [1.165, 1.54) is 12.7 Å². The minimum absolute atomic E-state index is 0.828. The predicted molar refractivity (Wildman–Crippen MR) is 64.6 cm³/mol. The lowest BCUT2D eigenvalue weighted by Gasteiger charge is -2.00. The highest BCUT2D eigenvalue weighted by Gasteiger charge is 1.99. The summed E-state index contributed by atoms with van der Waals surface area (Å²) in [6.45, 7) is 0. The molecule has 0 saturated heterocycles. The van der Waals surface area contributed by atoms with Gasteiger partial charge in [-0.25, -0.2) is 0 Å². The van der Waals surface area contributed by atoms with Crippen molar-refractivity contribution < 1.29 is 0 Å². The third-order valence-corrected chi connectivity index (χ3v) is 4.75. The van der Waals surface area contributed by atoms with E-state index in [4.69, 9.17) is 0 Å². The van der Waals surface area contributed by atoms with E-state index in [0.717, 1.165) is 5.75 Å². The molecule has 0 spiro atoms. The van der Waals surface area contributed by atoms with Gasteiger partial charge in [-0.15, -0.1) is 0 Å². The second kappa shape index (κ2) is 4.15. The Morgan fingerprint density at radius 1 is 1.30 bits per heavy atom. The Balaban J connectivity index is 3.14. The molecule has 0 aliphatic heterocycles. The molecule has 0 amide bonds. The highest BCUT2D eigenvalue weighted by molar-refractivity contribution is 14.1. The Morgan fingerprint density at radius 3 is 2.50 bits per heavy atom. The number of hydrogen-bond acceptors (Lipinski definition) is 1. The third-order valence-electron chi connectivity index (χ3n) is 1.20. The zero-order valence-corrected chi connectivity index (χ0v) is 10.4. The van der Waals surface area contributed by atoms with Gasteiger partial charge in [-0.05, 0) is 56.8 Å². The number of hydrogen-bond donors (Lipinski definition) is 1. The highest BCUT2D eigenvalue weighted by Crippen LogP contribution is 2.19. The maximum absolute atomic E-state index is 4.22. The molecule has 0 N–H and O–H groups in total. The van der Waals surface area contributed by atoms with Crippen molar-refractivity contribution in [3.05, 3.63) is 30.9 Å². The van der Waals surface area contributed by atoms with Gasteiger partial charge in [-0.3, -0.25) is 0 Å². The van der Waals surface area contributed by atoms with Gasteiger partial charge in [-0.2, -0.15) is 12.6 Å². The van der Waals surface area contributed by atoms with Crippen molar-refractivity contribution in [2.75, 3.05) is 0 Å². The molecule has 0 aliphatic carbocycles. The van der Waals surface area contributed by atoms with Crippen LogP contribution in [-0.2, 0) is 5.75 Å². The molecule has 0 unspecified atom stereocenters. The Kier molecular flexibility index (Phi) is 3.79. The molecule has 3 heteroatoms. The summed E-state index contributed by atoms with van der Waals surface area (Å²) in [5, 5.41) is 0. The minimum Gasteiger partial charge on any atom is -0.175 e. The van der Waals surface area contributed by atoms with Gasteiger partial charge in [-0.1, -0.05) is 12.1 Å². The monoisotopic (exact) mass is 376 g/mol. The average molecular weight is 376 g/mol. The van der Waals surface area contributed by atoms with E-state index in [0.29, 0.717) is 0 Å². The van der Waals surface area contributed by atoms with E-state index in [1.54, 1.807) is 0 Å². The van der Waals surface area contributed by atoms with Crippen molar-refractivity contribution in [2.24, 2.45) is 0 Å². The van der Waals surface area contributed by atoms with Gasteiger partial charge >= 0.3 is 0 Å². The topological polar surface area (TPSA) is 0 Å². The van der Waals surface area contributed by atoms with Crippen molar-refractivity contribution >= 4 is 57.8 Å². The van der Waals surface area contributed by atoms with Crippen LogP contribution < -0.4 is 0 Å². The maximum atomic E-state index is 4.22. The van der Waals surface area contributed by atoms with Crippen molar-refractivity contribution in [3.63, 3.8) is 0 Å². The summed E-state index contributed by atoms with van der Waals surface area (Å²) in [6, 6.07) is 6.28. The summed E-state index contributed by atoms with van der Waals surface area (Å²) in [6.07, 6.45) is 0. The number of rotatable bonds is 1. The SMILES string of the molecule is SCc1cccc(I)c1I. The van der Waals surface area contributed by atoms with Crippen LogP contribution in [0.3, 0.4) is 0 Å². The fraction of sp³-hybridized carbons (Fsp3) is 0.143. The molecule has 0 aromatic heterocycles. The van der Waals surface area contributed by atoms with Crippen molar-refractivity contribution in [2.45, 2.75) is 5.75 Å². The molecule has 1 aromatic carbocycles. The van der Waals surface area contributed by atoms with E-state index in [2.05, 4.69) is 76.0 Å². The second-order valence-corrected chi connectivity index (χ2v) is 4.43. The fourth-order valence-corrected chi connectivity index (χ4v) is 2.34. The molecular weight excluding hydrogens is 370 g/mol. The first-order chi connectivity index (χ1) is 4.75. The van der Waals surface area contributed by atoms with Crippen molar-refractivity contribution in [1.29, 1.82) is 0 Å². The van der Waals surface area contributed by atoms with E-state index in [-0.39, 0.29) is 0 Å². The first-order valence-electron chi connectivity index (χ1n) is 2.79. The summed E-state index contributed by atoms with van der Waals surface area (Å²) in [5.74, 6) is 0.828. The van der Waals surface area contributed by atoms with Crippen LogP contribution in [0.4, 0.5) is 0 Å². The molecule has 0 aliphatic rings. The van der Waals surface area contributed by atoms with Crippen LogP contribution in [0.2, 0.25) is 0 Å². The molecule has 0 bridgehead atoms. The summed E-state index contributed by atoms with van der Waals surface area (Å²) in [5.41, 5.74) is 1.32. The lowest BCUT2D eigenvalue weighted by atomic mass is 10.2. The number of halogens is 2. The van der Waals surface area contributed by atoms with Gasteiger partial charge in [0.1, 0.15) is 0 Å². The molecule has 0 heterocycles. The van der Waals surface area contributed by atoms with Gasteiger partial charge in [0.2, 0.25) is 0 Å². The summed E-state index contributed by atoms with van der Waals surface area (Å²) in [7, 11) is 0. The molecule has 0 atom stereocenters. The summed E-state index contributed by atoms with van der Waals surface area (Å²) in [4.78, 5) is 0. The highest BCUT2D eigenvalue weighted by atomic mass is 127. The van der Waals surface area contributed by atoms with Gasteiger partial charge in [0, 0.05) is 12.9 Å². The molecule has 0 saturated carbocycles. The van der Waals surface area contributed by atoms with Crippen LogP contribution in [0.1, 0.15) is 5.56 Å². The first-order valence-corrected chi connectivity index (χ1v) is 5.58. The van der Waals surface area contributed by atoms with Crippen LogP contribution in [-0.4, -0.2) is 0 Å². The van der Waals surface area contributed by atoms with Crippen LogP contribution in [0, 0.1) is 7.14 Å². The summed E-state index contributed by atoms with van der Waals surface area (Å²) < 4.78 is 2.64. The quantitative estimate of drug-likeness (QED) is 0.565. The van der Waals surface area contributed by atoms with Crippen molar-refractivity contribution in [3.8, 4) is 0 Å². The third kappa shape index (κ3) is 2.01. The van der Waals surface area contributed by atoms with Crippen LogP contribution in [0.15, 0.2) is 18.2 Å². The van der Waals surface area contributed by atoms with Gasteiger partial charge < -0.3 is 0 Å². The van der Waals surface area contributed by atoms with Gasteiger partial charge in [0.25, 0.3) is 0 Å². The number of benzene rings is 1.